The summed E-state index contributed by atoms with van der Waals surface area (Å²) in [5, 5.41) is 19.7. The van der Waals surface area contributed by atoms with Crippen molar-refractivity contribution in [2.45, 2.75) is 77.6 Å². The summed E-state index contributed by atoms with van der Waals surface area (Å²) in [6.07, 6.45) is 12.2. The first kappa shape index (κ1) is 22.0. The fraction of sp³-hybridized carbons (Fsp3) is 0.619. The minimum atomic E-state index is -0.748. The van der Waals surface area contributed by atoms with E-state index in [9.17, 15) is 9.90 Å². The SMILES string of the molecule is CCCCCCCCCCCC(Cc1ccccc1NC(=N)N)C(=O)O. The van der Waals surface area contributed by atoms with Gasteiger partial charge in [0.05, 0.1) is 5.92 Å². The molecule has 0 amide bonds. The summed E-state index contributed by atoms with van der Waals surface area (Å²) >= 11 is 0. The van der Waals surface area contributed by atoms with Crippen LogP contribution in [-0.2, 0) is 11.2 Å². The Bertz CT molecular complexity index is 546. The molecule has 0 radical (unpaired) electrons. The standard InChI is InChI=1S/C21H35N3O2/c1-2-3-4-5-6-7-8-9-10-14-18(20(25)26)16-17-13-11-12-15-19(17)24-21(22)23/h11-13,15,18H,2-10,14,16H2,1H3,(H,25,26)(H4,22,23,24). The third-order valence-electron chi connectivity index (χ3n) is 4.76. The van der Waals surface area contributed by atoms with E-state index in [1.807, 2.05) is 24.3 Å². The van der Waals surface area contributed by atoms with Gasteiger partial charge in [-0.2, -0.15) is 0 Å². The number of unbranched alkanes of at least 4 members (excludes halogenated alkanes) is 8. The van der Waals surface area contributed by atoms with Crippen LogP contribution in [0.5, 0.6) is 0 Å². The number of guanidine groups is 1. The fourth-order valence-electron chi connectivity index (χ4n) is 3.25. The number of carboxylic acids is 1. The number of hydrogen-bond acceptors (Lipinski definition) is 2. The number of para-hydroxylation sites is 1. The third kappa shape index (κ3) is 9.44. The van der Waals surface area contributed by atoms with Gasteiger partial charge in [0, 0.05) is 5.69 Å². The normalized spacial score (nSPS) is 11.9. The van der Waals surface area contributed by atoms with E-state index in [4.69, 9.17) is 11.1 Å². The highest BCUT2D eigenvalue weighted by atomic mass is 16.4. The topological polar surface area (TPSA) is 99.2 Å². The number of carbonyl (C=O) groups is 1. The number of rotatable bonds is 14. The van der Waals surface area contributed by atoms with Crippen molar-refractivity contribution in [1.82, 2.24) is 0 Å². The zero-order valence-electron chi connectivity index (χ0n) is 16.1. The Kier molecular flexibility index (Phi) is 11.2. The first-order valence-electron chi connectivity index (χ1n) is 9.96. The van der Waals surface area contributed by atoms with Crippen LogP contribution in [0.2, 0.25) is 0 Å². The van der Waals surface area contributed by atoms with Crippen LogP contribution in [0.3, 0.4) is 0 Å². The average molecular weight is 362 g/mol. The van der Waals surface area contributed by atoms with Crippen molar-refractivity contribution >= 4 is 17.6 Å². The monoisotopic (exact) mass is 361 g/mol. The number of nitrogens with one attached hydrogen (secondary N) is 2. The zero-order valence-corrected chi connectivity index (χ0v) is 16.1. The van der Waals surface area contributed by atoms with Gasteiger partial charge in [0.2, 0.25) is 0 Å². The Balaban J connectivity index is 2.36. The van der Waals surface area contributed by atoms with Crippen molar-refractivity contribution in [3.63, 3.8) is 0 Å². The number of benzene rings is 1. The van der Waals surface area contributed by atoms with Crippen molar-refractivity contribution < 1.29 is 9.90 Å². The Hall–Kier alpha value is -2.04. The van der Waals surface area contributed by atoms with E-state index in [0.29, 0.717) is 12.8 Å². The number of aliphatic carboxylic acids is 1. The Morgan fingerprint density at radius 1 is 1.08 bits per heavy atom. The summed E-state index contributed by atoms with van der Waals surface area (Å²) in [5.41, 5.74) is 7.02. The van der Waals surface area contributed by atoms with Gasteiger partial charge < -0.3 is 16.2 Å². The molecule has 0 aliphatic rings. The largest absolute Gasteiger partial charge is 0.481 e. The van der Waals surface area contributed by atoms with E-state index in [2.05, 4.69) is 12.2 Å². The molecule has 5 nitrogen and oxygen atoms in total. The molecule has 1 atom stereocenters. The molecule has 1 aromatic carbocycles. The van der Waals surface area contributed by atoms with Crippen molar-refractivity contribution in [3.05, 3.63) is 29.8 Å². The highest BCUT2D eigenvalue weighted by molar-refractivity contribution is 5.90. The lowest BCUT2D eigenvalue weighted by Crippen LogP contribution is -2.22. The minimum absolute atomic E-state index is 0.136. The molecular formula is C21H35N3O2. The molecular weight excluding hydrogens is 326 g/mol. The molecule has 0 saturated heterocycles. The second kappa shape index (κ2) is 13.2. The lowest BCUT2D eigenvalue weighted by molar-refractivity contribution is -0.142. The van der Waals surface area contributed by atoms with Crippen LogP contribution < -0.4 is 11.1 Å². The molecule has 0 spiro atoms. The molecule has 5 heteroatoms. The van der Waals surface area contributed by atoms with E-state index in [-0.39, 0.29) is 5.96 Å². The Morgan fingerprint density at radius 3 is 2.23 bits per heavy atom. The maximum Gasteiger partial charge on any atom is 0.306 e. The van der Waals surface area contributed by atoms with Gasteiger partial charge >= 0.3 is 5.97 Å². The van der Waals surface area contributed by atoms with Gasteiger partial charge in [0.1, 0.15) is 0 Å². The van der Waals surface area contributed by atoms with Crippen LogP contribution in [-0.4, -0.2) is 17.0 Å². The van der Waals surface area contributed by atoms with Gasteiger partial charge in [-0.1, -0.05) is 82.9 Å². The highest BCUT2D eigenvalue weighted by Crippen LogP contribution is 2.23. The first-order chi connectivity index (χ1) is 12.5. The number of anilines is 1. The number of hydrogen-bond donors (Lipinski definition) is 4. The summed E-state index contributed by atoms with van der Waals surface area (Å²) in [5.74, 6) is -1.28. The van der Waals surface area contributed by atoms with Crippen molar-refractivity contribution in [3.8, 4) is 0 Å². The molecule has 1 unspecified atom stereocenters. The molecule has 26 heavy (non-hydrogen) atoms. The van der Waals surface area contributed by atoms with E-state index in [1.165, 1.54) is 44.9 Å². The van der Waals surface area contributed by atoms with Gasteiger partial charge in [-0.05, 0) is 24.5 Å². The van der Waals surface area contributed by atoms with Crippen LogP contribution in [0.25, 0.3) is 0 Å². The van der Waals surface area contributed by atoms with E-state index < -0.39 is 11.9 Å². The molecule has 0 heterocycles. The lowest BCUT2D eigenvalue weighted by Gasteiger charge is -2.16. The summed E-state index contributed by atoms with van der Waals surface area (Å²) in [7, 11) is 0. The van der Waals surface area contributed by atoms with Crippen LogP contribution in [0.4, 0.5) is 5.69 Å². The van der Waals surface area contributed by atoms with Gasteiger partial charge in [0.25, 0.3) is 0 Å². The van der Waals surface area contributed by atoms with Crippen LogP contribution in [0, 0.1) is 11.3 Å². The van der Waals surface area contributed by atoms with E-state index in [0.717, 1.165) is 24.1 Å². The molecule has 5 N–H and O–H groups in total. The Labute approximate surface area is 157 Å². The van der Waals surface area contributed by atoms with Crippen molar-refractivity contribution in [2.75, 3.05) is 5.32 Å². The zero-order chi connectivity index (χ0) is 19.2. The van der Waals surface area contributed by atoms with Crippen LogP contribution >= 0.6 is 0 Å². The predicted molar refractivity (Wildman–Crippen MR) is 109 cm³/mol. The maximum atomic E-state index is 11.6. The quantitative estimate of drug-likeness (QED) is 0.209. The van der Waals surface area contributed by atoms with Gasteiger partial charge in [-0.25, -0.2) is 0 Å². The second-order valence-corrected chi connectivity index (χ2v) is 7.05. The van der Waals surface area contributed by atoms with Crippen LogP contribution in [0.1, 0.15) is 76.7 Å². The second-order valence-electron chi connectivity index (χ2n) is 7.05. The summed E-state index contributed by atoms with van der Waals surface area (Å²) in [4.78, 5) is 11.6. The molecule has 0 saturated carbocycles. The summed E-state index contributed by atoms with van der Waals surface area (Å²) in [6, 6.07) is 7.47. The van der Waals surface area contributed by atoms with E-state index in [1.54, 1.807) is 0 Å². The molecule has 1 rings (SSSR count). The molecule has 146 valence electrons. The smallest absolute Gasteiger partial charge is 0.306 e. The third-order valence-corrected chi connectivity index (χ3v) is 4.76. The summed E-state index contributed by atoms with van der Waals surface area (Å²) < 4.78 is 0. The van der Waals surface area contributed by atoms with Crippen LogP contribution in [0.15, 0.2) is 24.3 Å². The average Bonchev–Trinajstić information content (AvgIpc) is 2.60. The first-order valence-corrected chi connectivity index (χ1v) is 9.96. The molecule has 0 aromatic heterocycles. The molecule has 0 fully saturated rings. The Morgan fingerprint density at radius 2 is 1.65 bits per heavy atom. The van der Waals surface area contributed by atoms with Crippen molar-refractivity contribution in [2.24, 2.45) is 11.7 Å². The lowest BCUT2D eigenvalue weighted by atomic mass is 9.92. The van der Waals surface area contributed by atoms with Crippen molar-refractivity contribution in [1.29, 1.82) is 5.41 Å². The molecule has 0 bridgehead atoms. The number of nitrogens with two attached hydrogens (primary N) is 1. The number of carboxylic acid groups (broad SMARTS) is 1. The molecule has 1 aromatic rings. The van der Waals surface area contributed by atoms with Gasteiger partial charge in [-0.3, -0.25) is 10.2 Å². The van der Waals surface area contributed by atoms with Gasteiger partial charge in [-0.15, -0.1) is 0 Å². The van der Waals surface area contributed by atoms with E-state index >= 15 is 0 Å². The molecule has 0 aliphatic heterocycles. The highest BCUT2D eigenvalue weighted by Gasteiger charge is 2.19. The fourth-order valence-corrected chi connectivity index (χ4v) is 3.25. The summed E-state index contributed by atoms with van der Waals surface area (Å²) in [6.45, 7) is 2.23. The maximum absolute atomic E-state index is 11.6. The predicted octanol–water partition coefficient (Wildman–Crippen LogP) is 5.16. The van der Waals surface area contributed by atoms with Gasteiger partial charge in [0.15, 0.2) is 5.96 Å². The minimum Gasteiger partial charge on any atom is -0.481 e. The molecule has 0 aliphatic carbocycles.